The number of rotatable bonds is 10. The zero-order chi connectivity index (χ0) is 28.4. The minimum absolute atomic E-state index is 0.0682. The van der Waals surface area contributed by atoms with Crippen LogP contribution in [0.2, 0.25) is 0 Å². The van der Waals surface area contributed by atoms with Crippen LogP contribution >= 0.6 is 0 Å². The SMILES string of the molecule is CC(C)NCCCCOc1ccc(-c2ccc(C(=O)O)c(F)c2)cc1-c1ccc2c(c1)C(C)(C)CCC2(C)C. The molecule has 0 aromatic heterocycles. The molecular weight excluding hydrogens is 489 g/mol. The maximum atomic E-state index is 14.5. The van der Waals surface area contributed by atoms with Gasteiger partial charge in [0, 0.05) is 11.6 Å². The first-order chi connectivity index (χ1) is 18.4. The molecule has 0 aliphatic heterocycles. The second-order valence-corrected chi connectivity index (χ2v) is 12.4. The average Bonchev–Trinajstić information content (AvgIpc) is 2.88. The quantitative estimate of drug-likeness (QED) is 0.258. The number of aromatic carboxylic acids is 1. The number of carboxylic acids is 1. The van der Waals surface area contributed by atoms with Crippen molar-refractivity contribution in [3.05, 3.63) is 77.1 Å². The van der Waals surface area contributed by atoms with Gasteiger partial charge in [-0.2, -0.15) is 0 Å². The number of hydrogen-bond donors (Lipinski definition) is 2. The standard InChI is InChI=1S/C34H42FNO3/c1-22(2)36-17-7-8-18-39-31-14-11-23(24-9-12-26(32(37)38)30(35)21-24)19-27(31)25-10-13-28-29(20-25)34(5,6)16-15-33(28,3)4/h9-14,19-22,36H,7-8,15-18H2,1-6H3,(H,37,38). The summed E-state index contributed by atoms with van der Waals surface area (Å²) in [5.41, 5.74) is 6.09. The fraction of sp³-hybridized carbons (Fsp3) is 0.441. The van der Waals surface area contributed by atoms with Crippen molar-refractivity contribution in [2.24, 2.45) is 0 Å². The van der Waals surface area contributed by atoms with Crippen LogP contribution in [0.1, 0.15) is 88.7 Å². The maximum absolute atomic E-state index is 14.5. The molecule has 4 nitrogen and oxygen atoms in total. The normalized spacial score (nSPS) is 15.7. The number of fused-ring (bicyclic) bond motifs is 1. The van der Waals surface area contributed by atoms with Crippen molar-refractivity contribution in [3.8, 4) is 28.0 Å². The molecule has 39 heavy (non-hydrogen) atoms. The monoisotopic (exact) mass is 531 g/mol. The second-order valence-electron chi connectivity index (χ2n) is 12.4. The second kappa shape index (κ2) is 11.5. The van der Waals surface area contributed by atoms with Crippen LogP contribution in [-0.2, 0) is 10.8 Å². The Balaban J connectivity index is 1.72. The Morgan fingerprint density at radius 2 is 1.54 bits per heavy atom. The molecular formula is C34H42FNO3. The first kappa shape index (κ1) is 28.8. The lowest BCUT2D eigenvalue weighted by atomic mass is 9.63. The lowest BCUT2D eigenvalue weighted by Gasteiger charge is -2.42. The van der Waals surface area contributed by atoms with Gasteiger partial charge < -0.3 is 15.2 Å². The van der Waals surface area contributed by atoms with E-state index in [-0.39, 0.29) is 16.4 Å². The molecule has 0 heterocycles. The highest BCUT2D eigenvalue weighted by Crippen LogP contribution is 2.47. The van der Waals surface area contributed by atoms with Crippen LogP contribution in [0.4, 0.5) is 4.39 Å². The molecule has 0 unspecified atom stereocenters. The van der Waals surface area contributed by atoms with Crippen molar-refractivity contribution in [3.63, 3.8) is 0 Å². The smallest absolute Gasteiger partial charge is 0.338 e. The van der Waals surface area contributed by atoms with Crippen LogP contribution in [0.5, 0.6) is 5.75 Å². The molecule has 3 aromatic carbocycles. The summed E-state index contributed by atoms with van der Waals surface area (Å²) in [6.45, 7) is 15.1. The van der Waals surface area contributed by atoms with Gasteiger partial charge in [0.05, 0.1) is 12.2 Å². The predicted molar refractivity (Wildman–Crippen MR) is 157 cm³/mol. The molecule has 5 heteroatoms. The van der Waals surface area contributed by atoms with E-state index < -0.39 is 11.8 Å². The third-order valence-corrected chi connectivity index (χ3v) is 8.06. The van der Waals surface area contributed by atoms with Crippen molar-refractivity contribution < 1.29 is 19.0 Å². The van der Waals surface area contributed by atoms with E-state index >= 15 is 0 Å². The van der Waals surface area contributed by atoms with E-state index in [2.05, 4.69) is 65.1 Å². The zero-order valence-corrected chi connectivity index (χ0v) is 24.2. The summed E-state index contributed by atoms with van der Waals surface area (Å²) in [5, 5.41) is 12.7. The number of nitrogens with one attached hydrogen (secondary N) is 1. The van der Waals surface area contributed by atoms with Crippen molar-refractivity contribution in [1.29, 1.82) is 0 Å². The lowest BCUT2D eigenvalue weighted by Crippen LogP contribution is -2.33. The number of benzene rings is 3. The summed E-state index contributed by atoms with van der Waals surface area (Å²) < 4.78 is 20.9. The van der Waals surface area contributed by atoms with Gasteiger partial charge in [0.25, 0.3) is 0 Å². The van der Waals surface area contributed by atoms with E-state index in [0.29, 0.717) is 18.2 Å². The van der Waals surface area contributed by atoms with Gasteiger partial charge in [-0.3, -0.25) is 0 Å². The van der Waals surface area contributed by atoms with E-state index in [1.165, 1.54) is 23.3 Å². The van der Waals surface area contributed by atoms with Crippen LogP contribution in [0.15, 0.2) is 54.6 Å². The summed E-state index contributed by atoms with van der Waals surface area (Å²) in [7, 11) is 0. The van der Waals surface area contributed by atoms with Crippen molar-refractivity contribution in [2.45, 2.75) is 84.1 Å². The first-order valence-electron chi connectivity index (χ1n) is 14.1. The highest BCUT2D eigenvalue weighted by Gasteiger charge is 2.37. The third kappa shape index (κ3) is 6.52. The minimum atomic E-state index is -1.27. The summed E-state index contributed by atoms with van der Waals surface area (Å²) in [6, 6.07) is 17.4. The van der Waals surface area contributed by atoms with Gasteiger partial charge in [0.2, 0.25) is 0 Å². The molecule has 4 rings (SSSR count). The van der Waals surface area contributed by atoms with E-state index in [9.17, 15) is 14.3 Å². The fourth-order valence-electron chi connectivity index (χ4n) is 5.49. The Hall–Kier alpha value is -3.18. The topological polar surface area (TPSA) is 58.6 Å². The van der Waals surface area contributed by atoms with Crippen LogP contribution in [0.25, 0.3) is 22.3 Å². The van der Waals surface area contributed by atoms with Gasteiger partial charge in [-0.1, -0.05) is 71.9 Å². The van der Waals surface area contributed by atoms with Gasteiger partial charge >= 0.3 is 5.97 Å². The average molecular weight is 532 g/mol. The van der Waals surface area contributed by atoms with Crippen molar-refractivity contribution >= 4 is 5.97 Å². The number of ether oxygens (including phenoxy) is 1. The summed E-state index contributed by atoms with van der Waals surface area (Å²) >= 11 is 0. The Labute approximate surface area is 232 Å². The molecule has 0 saturated carbocycles. The zero-order valence-electron chi connectivity index (χ0n) is 24.2. The minimum Gasteiger partial charge on any atom is -0.493 e. The van der Waals surface area contributed by atoms with Crippen LogP contribution < -0.4 is 10.1 Å². The molecule has 3 aromatic rings. The van der Waals surface area contributed by atoms with Gasteiger partial charge in [0.15, 0.2) is 0 Å². The molecule has 208 valence electrons. The van der Waals surface area contributed by atoms with Crippen LogP contribution in [0, 0.1) is 5.82 Å². The van der Waals surface area contributed by atoms with Crippen LogP contribution in [-0.4, -0.2) is 30.3 Å². The Morgan fingerprint density at radius 3 is 2.21 bits per heavy atom. The molecule has 0 radical (unpaired) electrons. The van der Waals surface area contributed by atoms with Gasteiger partial charge in [0.1, 0.15) is 11.6 Å². The van der Waals surface area contributed by atoms with Gasteiger partial charge in [-0.25, -0.2) is 9.18 Å². The molecule has 2 N–H and O–H groups in total. The number of halogens is 1. The summed E-state index contributed by atoms with van der Waals surface area (Å²) in [6.07, 6.45) is 4.25. The molecule has 0 atom stereocenters. The molecule has 0 fully saturated rings. The van der Waals surface area contributed by atoms with Gasteiger partial charge in [-0.15, -0.1) is 0 Å². The number of unbranched alkanes of at least 4 members (excludes halogenated alkanes) is 1. The number of carbonyl (C=O) groups is 1. The largest absolute Gasteiger partial charge is 0.493 e. The highest BCUT2D eigenvalue weighted by molar-refractivity contribution is 5.89. The predicted octanol–water partition coefficient (Wildman–Crippen LogP) is 8.36. The summed E-state index contributed by atoms with van der Waals surface area (Å²) in [5.74, 6) is -1.22. The van der Waals surface area contributed by atoms with E-state index in [1.807, 2.05) is 18.2 Å². The summed E-state index contributed by atoms with van der Waals surface area (Å²) in [4.78, 5) is 11.3. The third-order valence-electron chi connectivity index (χ3n) is 8.06. The van der Waals surface area contributed by atoms with E-state index in [0.717, 1.165) is 54.7 Å². The number of hydrogen-bond acceptors (Lipinski definition) is 3. The lowest BCUT2D eigenvalue weighted by molar-refractivity contribution is 0.0692. The highest BCUT2D eigenvalue weighted by atomic mass is 19.1. The fourth-order valence-corrected chi connectivity index (χ4v) is 5.49. The number of carboxylic acid groups (broad SMARTS) is 1. The molecule has 0 amide bonds. The Morgan fingerprint density at radius 1 is 0.897 bits per heavy atom. The molecule has 0 bridgehead atoms. The first-order valence-corrected chi connectivity index (χ1v) is 14.1. The van der Waals surface area contributed by atoms with Crippen molar-refractivity contribution in [2.75, 3.05) is 13.2 Å². The van der Waals surface area contributed by atoms with Gasteiger partial charge in [-0.05, 0) is 95.1 Å². The van der Waals surface area contributed by atoms with Crippen LogP contribution in [0.3, 0.4) is 0 Å². The molecule has 1 aliphatic carbocycles. The molecule has 0 saturated heterocycles. The Kier molecular flexibility index (Phi) is 8.51. The van der Waals surface area contributed by atoms with E-state index in [4.69, 9.17) is 4.74 Å². The van der Waals surface area contributed by atoms with Crippen molar-refractivity contribution in [1.82, 2.24) is 5.32 Å². The van der Waals surface area contributed by atoms with E-state index in [1.54, 1.807) is 6.07 Å². The Bertz CT molecular complexity index is 1340. The molecule has 1 aliphatic rings. The maximum Gasteiger partial charge on any atom is 0.338 e. The molecule has 0 spiro atoms.